The first-order chi connectivity index (χ1) is 11.5. The number of carbonyl (C=O) groups excluding carboxylic acids is 1. The van der Waals surface area contributed by atoms with Crippen LogP contribution in [0.5, 0.6) is 11.5 Å². The van der Waals surface area contributed by atoms with E-state index in [1.54, 1.807) is 0 Å². The number of hydrogen-bond acceptors (Lipinski definition) is 5. The van der Waals surface area contributed by atoms with Crippen molar-refractivity contribution in [3.05, 3.63) is 23.8 Å². The Morgan fingerprint density at radius 2 is 2.04 bits per heavy atom. The molecule has 2 unspecified atom stereocenters. The van der Waals surface area contributed by atoms with E-state index in [1.165, 1.54) is 12.0 Å². The molecule has 0 aliphatic carbocycles. The standard InChI is InChI=1S/C18H27N3O3/c1-13(9-15-5-6-16-17(10-15)24-12-23-16)20(3)14(2)19-18(22)11-21-7-4-8-21/h5-6,10,13-14H,4,7-9,11-12H2,1-3H3,(H,19,22). The molecule has 24 heavy (non-hydrogen) atoms. The van der Waals surface area contributed by atoms with Crippen molar-refractivity contribution in [2.75, 3.05) is 33.5 Å². The van der Waals surface area contributed by atoms with Crippen molar-refractivity contribution in [2.24, 2.45) is 0 Å². The van der Waals surface area contributed by atoms with Gasteiger partial charge in [0.1, 0.15) is 0 Å². The maximum absolute atomic E-state index is 12.1. The predicted octanol–water partition coefficient (Wildman–Crippen LogP) is 1.45. The first kappa shape index (κ1) is 17.0. The van der Waals surface area contributed by atoms with Crippen LogP contribution in [-0.4, -0.2) is 61.4 Å². The van der Waals surface area contributed by atoms with Gasteiger partial charge < -0.3 is 14.8 Å². The third-order valence-electron chi connectivity index (χ3n) is 4.96. The Hall–Kier alpha value is -1.79. The van der Waals surface area contributed by atoms with E-state index in [0.717, 1.165) is 31.0 Å². The van der Waals surface area contributed by atoms with Crippen molar-refractivity contribution in [3.63, 3.8) is 0 Å². The molecule has 1 fully saturated rings. The molecule has 2 atom stereocenters. The summed E-state index contributed by atoms with van der Waals surface area (Å²) in [6, 6.07) is 6.37. The van der Waals surface area contributed by atoms with Crippen molar-refractivity contribution < 1.29 is 14.3 Å². The Morgan fingerprint density at radius 1 is 1.29 bits per heavy atom. The van der Waals surface area contributed by atoms with Gasteiger partial charge in [0.15, 0.2) is 11.5 Å². The lowest BCUT2D eigenvalue weighted by molar-refractivity contribution is -0.125. The van der Waals surface area contributed by atoms with Crippen molar-refractivity contribution in [1.29, 1.82) is 0 Å². The smallest absolute Gasteiger partial charge is 0.235 e. The van der Waals surface area contributed by atoms with Gasteiger partial charge in [0.05, 0.1) is 12.7 Å². The molecule has 3 rings (SSSR count). The number of ether oxygens (including phenoxy) is 2. The van der Waals surface area contributed by atoms with Gasteiger partial charge in [-0.15, -0.1) is 0 Å². The molecule has 1 amide bonds. The monoisotopic (exact) mass is 333 g/mol. The van der Waals surface area contributed by atoms with Crippen LogP contribution >= 0.6 is 0 Å². The van der Waals surface area contributed by atoms with Crippen LogP contribution in [0.1, 0.15) is 25.8 Å². The molecule has 0 radical (unpaired) electrons. The van der Waals surface area contributed by atoms with E-state index in [4.69, 9.17) is 9.47 Å². The first-order valence-corrected chi connectivity index (χ1v) is 8.65. The minimum atomic E-state index is 0.00258. The van der Waals surface area contributed by atoms with Gasteiger partial charge >= 0.3 is 0 Å². The Labute approximate surface area is 143 Å². The molecular weight excluding hydrogens is 306 g/mol. The lowest BCUT2D eigenvalue weighted by Crippen LogP contribution is -2.52. The fourth-order valence-corrected chi connectivity index (χ4v) is 3.06. The first-order valence-electron chi connectivity index (χ1n) is 8.65. The maximum atomic E-state index is 12.1. The van der Waals surface area contributed by atoms with E-state index < -0.39 is 0 Å². The summed E-state index contributed by atoms with van der Waals surface area (Å²) in [6.07, 6.45) is 2.09. The van der Waals surface area contributed by atoms with Crippen LogP contribution in [0.2, 0.25) is 0 Å². The summed E-state index contributed by atoms with van der Waals surface area (Å²) in [5.74, 6) is 1.73. The van der Waals surface area contributed by atoms with Gasteiger partial charge in [-0.05, 0) is 64.5 Å². The second kappa shape index (κ2) is 7.40. The van der Waals surface area contributed by atoms with Crippen LogP contribution < -0.4 is 14.8 Å². The average Bonchev–Trinajstić information content (AvgIpc) is 2.97. The molecular formula is C18H27N3O3. The molecule has 2 aliphatic rings. The van der Waals surface area contributed by atoms with Crippen LogP contribution in [0.15, 0.2) is 18.2 Å². The third kappa shape index (κ3) is 3.99. The van der Waals surface area contributed by atoms with Crippen molar-refractivity contribution in [2.45, 2.75) is 38.9 Å². The highest BCUT2D eigenvalue weighted by Gasteiger charge is 2.22. The topological polar surface area (TPSA) is 54.0 Å². The largest absolute Gasteiger partial charge is 0.454 e. The zero-order chi connectivity index (χ0) is 17.1. The summed E-state index contributed by atoms with van der Waals surface area (Å²) in [4.78, 5) is 16.4. The molecule has 1 saturated heterocycles. The summed E-state index contributed by atoms with van der Waals surface area (Å²) < 4.78 is 10.8. The Balaban J connectivity index is 1.49. The van der Waals surface area contributed by atoms with Crippen LogP contribution in [0, 0.1) is 0 Å². The Kier molecular flexibility index (Phi) is 5.26. The van der Waals surface area contributed by atoms with Crippen LogP contribution in [0.25, 0.3) is 0 Å². The second-order valence-electron chi connectivity index (χ2n) is 6.78. The van der Waals surface area contributed by atoms with Crippen LogP contribution in [0.4, 0.5) is 0 Å². The summed E-state index contributed by atoms with van der Waals surface area (Å²) in [6.45, 7) is 7.09. The fourth-order valence-electron chi connectivity index (χ4n) is 3.06. The number of likely N-dealkylation sites (N-methyl/N-ethyl adjacent to an activating group) is 1. The highest BCUT2D eigenvalue weighted by Crippen LogP contribution is 2.32. The number of benzene rings is 1. The van der Waals surface area contributed by atoms with Gasteiger partial charge in [-0.2, -0.15) is 0 Å². The third-order valence-corrected chi connectivity index (χ3v) is 4.96. The lowest BCUT2D eigenvalue weighted by Gasteiger charge is -2.34. The lowest BCUT2D eigenvalue weighted by atomic mass is 10.1. The Morgan fingerprint density at radius 3 is 2.75 bits per heavy atom. The number of nitrogens with one attached hydrogen (secondary N) is 1. The molecule has 0 spiro atoms. The molecule has 0 bridgehead atoms. The minimum Gasteiger partial charge on any atom is -0.454 e. The van der Waals surface area contributed by atoms with E-state index in [2.05, 4.69) is 28.1 Å². The number of likely N-dealkylation sites (tertiary alicyclic amines) is 1. The fraction of sp³-hybridized carbons (Fsp3) is 0.611. The van der Waals surface area contributed by atoms with E-state index in [-0.39, 0.29) is 12.1 Å². The van der Waals surface area contributed by atoms with Crippen molar-refractivity contribution in [3.8, 4) is 11.5 Å². The highest BCUT2D eigenvalue weighted by molar-refractivity contribution is 5.78. The molecule has 2 heterocycles. The molecule has 1 aromatic carbocycles. The van der Waals surface area contributed by atoms with E-state index in [0.29, 0.717) is 19.4 Å². The van der Waals surface area contributed by atoms with E-state index >= 15 is 0 Å². The molecule has 0 saturated carbocycles. The predicted molar refractivity (Wildman–Crippen MR) is 92.2 cm³/mol. The van der Waals surface area contributed by atoms with E-state index in [9.17, 15) is 4.79 Å². The maximum Gasteiger partial charge on any atom is 0.235 e. The molecule has 2 aliphatic heterocycles. The van der Waals surface area contributed by atoms with Crippen LogP contribution in [0.3, 0.4) is 0 Å². The molecule has 6 heteroatoms. The highest BCUT2D eigenvalue weighted by atomic mass is 16.7. The molecule has 6 nitrogen and oxygen atoms in total. The number of rotatable bonds is 7. The molecule has 1 aromatic rings. The number of amides is 1. The van der Waals surface area contributed by atoms with E-state index in [1.807, 2.05) is 26.1 Å². The zero-order valence-corrected chi connectivity index (χ0v) is 14.7. The van der Waals surface area contributed by atoms with Gasteiger partial charge in [-0.25, -0.2) is 0 Å². The molecule has 1 N–H and O–H groups in total. The summed E-state index contributed by atoms with van der Waals surface area (Å²) in [5, 5.41) is 3.09. The molecule has 132 valence electrons. The quantitative estimate of drug-likeness (QED) is 0.766. The number of fused-ring (bicyclic) bond motifs is 1. The SMILES string of the molecule is CC(Cc1ccc2c(c1)OCO2)N(C)C(C)NC(=O)CN1CCC1. The number of carbonyl (C=O) groups is 1. The Bertz CT molecular complexity index is 589. The van der Waals surface area contributed by atoms with Gasteiger partial charge in [0, 0.05) is 6.04 Å². The average molecular weight is 333 g/mol. The molecule has 0 aromatic heterocycles. The summed E-state index contributed by atoms with van der Waals surface area (Å²) >= 11 is 0. The van der Waals surface area contributed by atoms with Crippen LogP contribution in [-0.2, 0) is 11.2 Å². The zero-order valence-electron chi connectivity index (χ0n) is 14.7. The number of hydrogen-bond donors (Lipinski definition) is 1. The van der Waals surface area contributed by atoms with Gasteiger partial charge in [0.25, 0.3) is 0 Å². The second-order valence-corrected chi connectivity index (χ2v) is 6.78. The van der Waals surface area contributed by atoms with Gasteiger partial charge in [0.2, 0.25) is 12.7 Å². The van der Waals surface area contributed by atoms with Gasteiger partial charge in [-0.3, -0.25) is 14.6 Å². The normalized spacial score (nSPS) is 19.0. The van der Waals surface area contributed by atoms with Crippen molar-refractivity contribution >= 4 is 5.91 Å². The summed E-state index contributed by atoms with van der Waals surface area (Å²) in [7, 11) is 2.05. The van der Waals surface area contributed by atoms with Crippen molar-refractivity contribution in [1.82, 2.24) is 15.1 Å². The van der Waals surface area contributed by atoms with Gasteiger partial charge in [-0.1, -0.05) is 6.07 Å². The minimum absolute atomic E-state index is 0.00258. The summed E-state index contributed by atoms with van der Waals surface area (Å²) in [5.41, 5.74) is 1.21. The number of nitrogens with zero attached hydrogens (tertiary/aromatic N) is 2.